The SMILES string of the molecule is C1=CCC(c2cc(-c3ccccc3)c3oc4cccc(-c5nc(-c6ccc(-c7ccccc7)cc6)c6oc7ccccc7c6n5)c4c3c2)C=C1. The van der Waals surface area contributed by atoms with Gasteiger partial charge in [-0.1, -0.05) is 133 Å². The lowest BCUT2D eigenvalue weighted by atomic mass is 9.88. The van der Waals surface area contributed by atoms with Crippen molar-refractivity contribution in [1.29, 1.82) is 0 Å². The minimum absolute atomic E-state index is 0.277. The Bertz CT molecular complexity index is 2770. The molecule has 0 aliphatic heterocycles. The maximum Gasteiger partial charge on any atom is 0.180 e. The number of fused-ring (bicyclic) bond motifs is 6. The van der Waals surface area contributed by atoms with Gasteiger partial charge in [-0.3, -0.25) is 0 Å². The van der Waals surface area contributed by atoms with Gasteiger partial charge in [0.15, 0.2) is 11.4 Å². The molecule has 50 heavy (non-hydrogen) atoms. The Balaban J connectivity index is 1.23. The quantitative estimate of drug-likeness (QED) is 0.187. The molecule has 0 saturated carbocycles. The van der Waals surface area contributed by atoms with Crippen molar-refractivity contribution in [2.75, 3.05) is 0 Å². The lowest BCUT2D eigenvalue weighted by Gasteiger charge is -2.16. The third kappa shape index (κ3) is 4.68. The second-order valence-corrected chi connectivity index (χ2v) is 12.9. The molecule has 10 rings (SSSR count). The van der Waals surface area contributed by atoms with Crippen LogP contribution in [0.3, 0.4) is 0 Å². The zero-order valence-corrected chi connectivity index (χ0v) is 27.1. The second kappa shape index (κ2) is 11.6. The predicted octanol–water partition coefficient (Wildman–Crippen LogP) is 12.5. The summed E-state index contributed by atoms with van der Waals surface area (Å²) in [5, 5.41) is 3.03. The van der Waals surface area contributed by atoms with Crippen molar-refractivity contribution in [3.63, 3.8) is 0 Å². The topological polar surface area (TPSA) is 52.1 Å². The molecule has 1 aliphatic carbocycles. The first-order chi connectivity index (χ1) is 24.8. The molecule has 3 aromatic heterocycles. The Morgan fingerprint density at radius 1 is 0.520 bits per heavy atom. The first-order valence-electron chi connectivity index (χ1n) is 17.0. The summed E-state index contributed by atoms with van der Waals surface area (Å²) >= 11 is 0. The maximum absolute atomic E-state index is 6.75. The van der Waals surface area contributed by atoms with Crippen LogP contribution in [0.15, 0.2) is 173 Å². The van der Waals surface area contributed by atoms with E-state index in [9.17, 15) is 0 Å². The van der Waals surface area contributed by atoms with Gasteiger partial charge in [0.1, 0.15) is 28.0 Å². The number of hydrogen-bond acceptors (Lipinski definition) is 4. The van der Waals surface area contributed by atoms with Gasteiger partial charge in [0.05, 0.1) is 0 Å². The van der Waals surface area contributed by atoms with Gasteiger partial charge in [-0.15, -0.1) is 0 Å². The number of nitrogens with zero attached hydrogens (tertiary/aromatic N) is 2. The van der Waals surface area contributed by atoms with Gasteiger partial charge in [0.2, 0.25) is 0 Å². The first-order valence-corrected chi connectivity index (χ1v) is 17.0. The minimum Gasteiger partial charge on any atom is -0.455 e. The third-order valence-corrected chi connectivity index (χ3v) is 9.84. The summed E-state index contributed by atoms with van der Waals surface area (Å²) in [6, 6.07) is 48.3. The molecule has 0 radical (unpaired) electrons. The summed E-state index contributed by atoms with van der Waals surface area (Å²) in [5.74, 6) is 0.908. The van der Waals surface area contributed by atoms with E-state index in [2.05, 4.69) is 127 Å². The van der Waals surface area contributed by atoms with Crippen LogP contribution in [-0.4, -0.2) is 9.97 Å². The molecule has 4 heteroatoms. The zero-order chi connectivity index (χ0) is 33.0. The monoisotopic (exact) mass is 642 g/mol. The van der Waals surface area contributed by atoms with Crippen LogP contribution < -0.4 is 0 Å². The number of aromatic nitrogens is 2. The van der Waals surface area contributed by atoms with Crippen molar-refractivity contribution in [1.82, 2.24) is 9.97 Å². The van der Waals surface area contributed by atoms with Crippen molar-refractivity contribution in [2.24, 2.45) is 0 Å². The van der Waals surface area contributed by atoms with E-state index >= 15 is 0 Å². The van der Waals surface area contributed by atoms with Crippen LogP contribution in [-0.2, 0) is 0 Å². The molecule has 3 heterocycles. The highest BCUT2D eigenvalue weighted by Crippen LogP contribution is 2.44. The molecule has 0 bridgehead atoms. The van der Waals surface area contributed by atoms with Crippen LogP contribution in [0.5, 0.6) is 0 Å². The van der Waals surface area contributed by atoms with Crippen molar-refractivity contribution in [3.8, 4) is 44.9 Å². The smallest absolute Gasteiger partial charge is 0.180 e. The van der Waals surface area contributed by atoms with E-state index in [-0.39, 0.29) is 5.92 Å². The van der Waals surface area contributed by atoms with E-state index in [1.165, 1.54) is 11.1 Å². The largest absolute Gasteiger partial charge is 0.455 e. The molecule has 4 nitrogen and oxygen atoms in total. The Morgan fingerprint density at radius 3 is 2.02 bits per heavy atom. The highest BCUT2D eigenvalue weighted by Gasteiger charge is 2.23. The number of rotatable bonds is 5. The molecule has 6 aromatic carbocycles. The average Bonchev–Trinajstić information content (AvgIpc) is 3.77. The van der Waals surface area contributed by atoms with E-state index in [0.717, 1.165) is 78.4 Å². The van der Waals surface area contributed by atoms with Crippen LogP contribution in [0.1, 0.15) is 17.9 Å². The molecule has 0 spiro atoms. The van der Waals surface area contributed by atoms with Crippen LogP contribution in [0, 0.1) is 0 Å². The Hall–Kier alpha value is -6.52. The summed E-state index contributed by atoms with van der Waals surface area (Å²) in [5.41, 5.74) is 12.4. The molecule has 0 N–H and O–H groups in total. The summed E-state index contributed by atoms with van der Waals surface area (Å²) < 4.78 is 13.2. The van der Waals surface area contributed by atoms with E-state index < -0.39 is 0 Å². The predicted molar refractivity (Wildman–Crippen MR) is 204 cm³/mol. The van der Waals surface area contributed by atoms with E-state index in [1.54, 1.807) is 0 Å². The zero-order valence-electron chi connectivity index (χ0n) is 27.1. The highest BCUT2D eigenvalue weighted by atomic mass is 16.3. The number of benzene rings is 6. The van der Waals surface area contributed by atoms with Gasteiger partial charge >= 0.3 is 0 Å². The lowest BCUT2D eigenvalue weighted by molar-refractivity contribution is 0.667. The summed E-state index contributed by atoms with van der Waals surface area (Å²) in [7, 11) is 0. The number of furan rings is 2. The van der Waals surface area contributed by atoms with Gasteiger partial charge in [0.25, 0.3) is 0 Å². The van der Waals surface area contributed by atoms with E-state index in [0.29, 0.717) is 11.4 Å². The van der Waals surface area contributed by atoms with Crippen LogP contribution in [0.2, 0.25) is 0 Å². The molecule has 1 aliphatic rings. The van der Waals surface area contributed by atoms with Gasteiger partial charge < -0.3 is 8.83 Å². The van der Waals surface area contributed by atoms with Crippen LogP contribution in [0.25, 0.3) is 88.9 Å². The van der Waals surface area contributed by atoms with Crippen molar-refractivity contribution < 1.29 is 8.83 Å². The molecular formula is C46H30N2O2. The Labute approximate surface area is 288 Å². The molecule has 9 aromatic rings. The standard InChI is InChI=1S/C46H30N2O2/c1-4-13-29(14-5-1)31-23-25-33(26-24-31)42-45-43(35-19-10-11-21-39(35)49-45)48-46(47-42)36-20-12-22-40-41(36)38-28-34(30-15-6-2-7-16-30)27-37(44(38)50-40)32-17-8-3-9-18-32/h1-15,17-28,30H,16H2. The fraction of sp³-hybridized carbons (Fsp3) is 0.0435. The molecule has 1 atom stereocenters. The summed E-state index contributed by atoms with van der Waals surface area (Å²) in [6.07, 6.45) is 9.75. The lowest BCUT2D eigenvalue weighted by Crippen LogP contribution is -1.97. The number of allylic oxidation sites excluding steroid dienone is 4. The molecule has 1 unspecified atom stereocenters. The van der Waals surface area contributed by atoms with Gasteiger partial charge in [0, 0.05) is 38.8 Å². The van der Waals surface area contributed by atoms with Gasteiger partial charge in [-0.25, -0.2) is 9.97 Å². The summed E-state index contributed by atoms with van der Waals surface area (Å²) in [6.45, 7) is 0. The van der Waals surface area contributed by atoms with E-state index in [1.807, 2.05) is 36.4 Å². The van der Waals surface area contributed by atoms with Crippen molar-refractivity contribution in [2.45, 2.75) is 12.3 Å². The van der Waals surface area contributed by atoms with E-state index in [4.69, 9.17) is 18.8 Å². The number of para-hydroxylation sites is 1. The van der Waals surface area contributed by atoms with Crippen LogP contribution in [0.4, 0.5) is 0 Å². The fourth-order valence-electron chi connectivity index (χ4n) is 7.37. The second-order valence-electron chi connectivity index (χ2n) is 12.9. The molecular weight excluding hydrogens is 613 g/mol. The molecule has 0 saturated heterocycles. The first kappa shape index (κ1) is 28.5. The Morgan fingerprint density at radius 2 is 1.22 bits per heavy atom. The molecule has 236 valence electrons. The normalized spacial score (nSPS) is 14.4. The van der Waals surface area contributed by atoms with Crippen molar-refractivity contribution >= 4 is 44.0 Å². The van der Waals surface area contributed by atoms with Gasteiger partial charge in [-0.05, 0) is 59.0 Å². The maximum atomic E-state index is 6.75. The Kier molecular flexibility index (Phi) is 6.59. The average molecular weight is 643 g/mol. The van der Waals surface area contributed by atoms with Crippen LogP contribution >= 0.6 is 0 Å². The summed E-state index contributed by atoms with van der Waals surface area (Å²) in [4.78, 5) is 10.5. The van der Waals surface area contributed by atoms with Crippen molar-refractivity contribution in [3.05, 3.63) is 169 Å². The molecule has 0 amide bonds. The number of hydrogen-bond donors (Lipinski definition) is 0. The molecule has 0 fully saturated rings. The fourth-order valence-corrected chi connectivity index (χ4v) is 7.37. The van der Waals surface area contributed by atoms with Gasteiger partial charge in [-0.2, -0.15) is 0 Å². The minimum atomic E-state index is 0.277. The highest BCUT2D eigenvalue weighted by molar-refractivity contribution is 6.16. The third-order valence-electron chi connectivity index (χ3n) is 9.84.